The lowest BCUT2D eigenvalue weighted by atomic mass is 10.1. The van der Waals surface area contributed by atoms with Gasteiger partial charge in [-0.2, -0.15) is 13.2 Å². The quantitative estimate of drug-likeness (QED) is 0.324. The van der Waals surface area contributed by atoms with Crippen molar-refractivity contribution < 1.29 is 27.5 Å². The summed E-state index contributed by atoms with van der Waals surface area (Å²) in [5, 5.41) is 7.84. The van der Waals surface area contributed by atoms with Crippen molar-refractivity contribution in [1.29, 1.82) is 0 Å². The second-order valence-corrected chi connectivity index (χ2v) is 8.29. The molecule has 1 atom stereocenters. The molecule has 6 nitrogen and oxygen atoms in total. The summed E-state index contributed by atoms with van der Waals surface area (Å²) in [5.41, 5.74) is 0.119. The molecular formula is C26H24F3N3O3S. The summed E-state index contributed by atoms with van der Waals surface area (Å²) in [6.45, 7) is 3.97. The van der Waals surface area contributed by atoms with Gasteiger partial charge >= 0.3 is 6.18 Å². The fraction of sp³-hybridized carbons (Fsp3) is 0.192. The monoisotopic (exact) mass is 515 g/mol. The molecular weight excluding hydrogens is 491 g/mol. The molecule has 0 aliphatic carbocycles. The normalized spacial score (nSPS) is 11.8. The van der Waals surface area contributed by atoms with Crippen LogP contribution in [0.3, 0.4) is 0 Å². The van der Waals surface area contributed by atoms with Crippen molar-refractivity contribution in [2.24, 2.45) is 0 Å². The molecule has 188 valence electrons. The van der Waals surface area contributed by atoms with Crippen LogP contribution in [0, 0.1) is 0 Å². The van der Waals surface area contributed by atoms with Crippen LogP contribution < -0.4 is 20.7 Å². The Balaban J connectivity index is 1.60. The zero-order valence-electron chi connectivity index (χ0n) is 19.5. The highest BCUT2D eigenvalue weighted by molar-refractivity contribution is 7.80. The Bertz CT molecular complexity index is 1250. The molecule has 36 heavy (non-hydrogen) atoms. The molecule has 0 spiro atoms. The van der Waals surface area contributed by atoms with Gasteiger partial charge < -0.3 is 15.4 Å². The molecule has 3 aromatic carbocycles. The number of carbonyl (C=O) groups is 2. The van der Waals surface area contributed by atoms with Crippen molar-refractivity contribution in [2.75, 3.05) is 10.6 Å². The fourth-order valence-electron chi connectivity index (χ4n) is 3.05. The van der Waals surface area contributed by atoms with Gasteiger partial charge in [-0.3, -0.25) is 14.9 Å². The Morgan fingerprint density at radius 3 is 2.17 bits per heavy atom. The standard InChI is InChI=1S/C26H24F3N3O3S/c1-3-16(2)35-22-12-10-17(11-13-22)23(33)32-25(36)31-20-8-4-6-18(14-20)24(34)30-21-9-5-7-19(15-21)26(27,28)29/h4-16H,3H2,1-2H3,(H,30,34)(H2,31,32,33,36). The van der Waals surface area contributed by atoms with Crippen LogP contribution in [0.2, 0.25) is 0 Å². The molecule has 0 radical (unpaired) electrons. The molecule has 3 aromatic rings. The number of hydrogen-bond donors (Lipinski definition) is 3. The van der Waals surface area contributed by atoms with Crippen molar-refractivity contribution in [2.45, 2.75) is 32.5 Å². The highest BCUT2D eigenvalue weighted by Crippen LogP contribution is 2.30. The van der Waals surface area contributed by atoms with Gasteiger partial charge in [0.15, 0.2) is 5.11 Å². The highest BCUT2D eigenvalue weighted by atomic mass is 32.1. The van der Waals surface area contributed by atoms with Crippen LogP contribution in [0.1, 0.15) is 46.5 Å². The second kappa shape index (κ2) is 11.7. The average molecular weight is 516 g/mol. The number of carbonyl (C=O) groups excluding carboxylic acids is 2. The van der Waals surface area contributed by atoms with Crippen LogP contribution in [0.5, 0.6) is 5.75 Å². The first-order valence-corrected chi connectivity index (χ1v) is 11.4. The maximum absolute atomic E-state index is 12.9. The summed E-state index contributed by atoms with van der Waals surface area (Å²) in [6.07, 6.45) is -3.60. The van der Waals surface area contributed by atoms with Gasteiger partial charge in [0.1, 0.15) is 5.75 Å². The van der Waals surface area contributed by atoms with Gasteiger partial charge in [0.25, 0.3) is 11.8 Å². The first kappa shape index (κ1) is 26.7. The van der Waals surface area contributed by atoms with E-state index in [0.717, 1.165) is 18.6 Å². The molecule has 0 heterocycles. The topological polar surface area (TPSA) is 79.5 Å². The number of alkyl halides is 3. The molecule has 2 amide bonds. The summed E-state index contributed by atoms with van der Waals surface area (Å²) in [7, 11) is 0. The molecule has 3 rings (SSSR count). The van der Waals surface area contributed by atoms with Crippen molar-refractivity contribution >= 4 is 40.5 Å². The van der Waals surface area contributed by atoms with E-state index >= 15 is 0 Å². The molecule has 0 fully saturated rings. The fourth-order valence-corrected chi connectivity index (χ4v) is 3.26. The van der Waals surface area contributed by atoms with E-state index in [4.69, 9.17) is 17.0 Å². The number of ether oxygens (including phenoxy) is 1. The van der Waals surface area contributed by atoms with E-state index in [2.05, 4.69) is 16.0 Å². The minimum atomic E-state index is -4.52. The third kappa shape index (κ3) is 7.54. The lowest BCUT2D eigenvalue weighted by Crippen LogP contribution is -2.34. The number of nitrogens with one attached hydrogen (secondary N) is 3. The summed E-state index contributed by atoms with van der Waals surface area (Å²) < 4.78 is 44.4. The summed E-state index contributed by atoms with van der Waals surface area (Å²) in [5.74, 6) is -0.379. The van der Waals surface area contributed by atoms with E-state index in [9.17, 15) is 22.8 Å². The maximum Gasteiger partial charge on any atom is 0.416 e. The van der Waals surface area contributed by atoms with Crippen molar-refractivity contribution in [3.8, 4) is 5.75 Å². The van der Waals surface area contributed by atoms with E-state index in [0.29, 0.717) is 17.0 Å². The molecule has 0 saturated heterocycles. The highest BCUT2D eigenvalue weighted by Gasteiger charge is 2.30. The Hall–Kier alpha value is -3.92. The zero-order valence-corrected chi connectivity index (χ0v) is 20.3. The van der Waals surface area contributed by atoms with Gasteiger partial charge in [-0.15, -0.1) is 0 Å². The van der Waals surface area contributed by atoms with Crippen molar-refractivity contribution in [3.05, 3.63) is 89.5 Å². The summed E-state index contributed by atoms with van der Waals surface area (Å²) >= 11 is 5.20. The van der Waals surface area contributed by atoms with Gasteiger partial charge in [-0.05, 0) is 86.2 Å². The Morgan fingerprint density at radius 1 is 0.889 bits per heavy atom. The van der Waals surface area contributed by atoms with Gasteiger partial charge in [-0.1, -0.05) is 19.1 Å². The van der Waals surface area contributed by atoms with Crippen LogP contribution in [0.4, 0.5) is 24.5 Å². The van der Waals surface area contributed by atoms with Gasteiger partial charge in [0.2, 0.25) is 0 Å². The second-order valence-electron chi connectivity index (χ2n) is 7.88. The van der Waals surface area contributed by atoms with E-state index < -0.39 is 23.6 Å². The van der Waals surface area contributed by atoms with Crippen LogP contribution in [-0.2, 0) is 6.18 Å². The van der Waals surface area contributed by atoms with E-state index in [1.807, 2.05) is 13.8 Å². The number of halogens is 3. The van der Waals surface area contributed by atoms with Crippen LogP contribution in [0.15, 0.2) is 72.8 Å². The molecule has 10 heteroatoms. The number of hydrogen-bond acceptors (Lipinski definition) is 4. The number of thiocarbonyl (C=S) groups is 1. The Kier molecular flexibility index (Phi) is 8.65. The van der Waals surface area contributed by atoms with E-state index in [1.165, 1.54) is 24.3 Å². The van der Waals surface area contributed by atoms with Gasteiger partial charge in [0, 0.05) is 22.5 Å². The Morgan fingerprint density at radius 2 is 1.53 bits per heavy atom. The molecule has 0 bridgehead atoms. The van der Waals surface area contributed by atoms with E-state index in [1.54, 1.807) is 36.4 Å². The zero-order chi connectivity index (χ0) is 26.3. The smallest absolute Gasteiger partial charge is 0.416 e. The molecule has 0 aromatic heterocycles. The van der Waals surface area contributed by atoms with Crippen LogP contribution in [0.25, 0.3) is 0 Å². The van der Waals surface area contributed by atoms with Crippen molar-refractivity contribution in [3.63, 3.8) is 0 Å². The summed E-state index contributed by atoms with van der Waals surface area (Å²) in [6, 6.07) is 17.1. The number of rotatable bonds is 7. The largest absolute Gasteiger partial charge is 0.491 e. The minimum absolute atomic E-state index is 0.00960. The molecule has 0 saturated carbocycles. The molecule has 1 unspecified atom stereocenters. The van der Waals surface area contributed by atoms with Crippen molar-refractivity contribution in [1.82, 2.24) is 5.32 Å². The number of benzene rings is 3. The first-order valence-electron chi connectivity index (χ1n) is 11.0. The minimum Gasteiger partial charge on any atom is -0.491 e. The maximum atomic E-state index is 12.9. The van der Waals surface area contributed by atoms with Gasteiger partial charge in [-0.25, -0.2) is 0 Å². The summed E-state index contributed by atoms with van der Waals surface area (Å²) in [4.78, 5) is 25.0. The lowest BCUT2D eigenvalue weighted by Gasteiger charge is -2.13. The molecule has 3 N–H and O–H groups in total. The first-order chi connectivity index (χ1) is 17.0. The third-order valence-electron chi connectivity index (χ3n) is 5.09. The van der Waals surface area contributed by atoms with E-state index in [-0.39, 0.29) is 22.5 Å². The van der Waals surface area contributed by atoms with Gasteiger partial charge in [0.05, 0.1) is 11.7 Å². The molecule has 0 aliphatic rings. The SMILES string of the molecule is CCC(C)Oc1ccc(C(=O)NC(=S)Nc2cccc(C(=O)Nc3cccc(C(F)(F)F)c3)c2)cc1. The molecule has 0 aliphatic heterocycles. The Labute approximate surface area is 211 Å². The predicted octanol–water partition coefficient (Wildman–Crippen LogP) is 6.26. The van der Waals surface area contributed by atoms with Crippen LogP contribution >= 0.6 is 12.2 Å². The third-order valence-corrected chi connectivity index (χ3v) is 5.29. The number of amides is 2. The predicted molar refractivity (Wildman–Crippen MR) is 136 cm³/mol. The average Bonchev–Trinajstić information content (AvgIpc) is 2.84. The lowest BCUT2D eigenvalue weighted by molar-refractivity contribution is -0.137. The van der Waals surface area contributed by atoms with Crippen LogP contribution in [-0.4, -0.2) is 23.0 Å². The number of anilines is 2.